The molecule has 1 aliphatic rings. The van der Waals surface area contributed by atoms with Crippen LogP contribution in [0.4, 0.5) is 0 Å². The first-order valence-corrected chi connectivity index (χ1v) is 10.6. The Morgan fingerprint density at radius 2 is 2.07 bits per heavy atom. The number of aliphatic imine (C=N–C) groups is 1. The van der Waals surface area contributed by atoms with Crippen molar-refractivity contribution in [1.82, 2.24) is 15.6 Å². The number of benzene rings is 1. The van der Waals surface area contributed by atoms with Gasteiger partial charge in [0.2, 0.25) is 0 Å². The van der Waals surface area contributed by atoms with Crippen LogP contribution in [-0.4, -0.2) is 35.0 Å². The molecular formula is C21H29IN4OS. The van der Waals surface area contributed by atoms with E-state index in [-0.39, 0.29) is 24.0 Å². The summed E-state index contributed by atoms with van der Waals surface area (Å²) in [6, 6.07) is 13.9. The number of rotatable bonds is 8. The zero-order valence-electron chi connectivity index (χ0n) is 16.3. The van der Waals surface area contributed by atoms with Crippen LogP contribution in [0, 0.1) is 0 Å². The molecule has 1 unspecified atom stereocenters. The number of hydrogen-bond acceptors (Lipinski definition) is 4. The van der Waals surface area contributed by atoms with Crippen LogP contribution in [0.2, 0.25) is 0 Å². The topological polar surface area (TPSA) is 58.5 Å². The molecule has 3 rings (SSSR count). The summed E-state index contributed by atoms with van der Waals surface area (Å²) in [5, 5.41) is 7.51. The number of hydrogen-bond donors (Lipinski definition) is 2. The number of ether oxygens (including phenoxy) is 1. The highest BCUT2D eigenvalue weighted by atomic mass is 127. The van der Waals surface area contributed by atoms with Gasteiger partial charge in [0.1, 0.15) is 12.4 Å². The molecular weight excluding hydrogens is 483 g/mol. The molecule has 5 nitrogen and oxygen atoms in total. The van der Waals surface area contributed by atoms with Gasteiger partial charge in [-0.25, -0.2) is 4.99 Å². The number of pyridine rings is 1. The second-order valence-electron chi connectivity index (χ2n) is 6.46. The van der Waals surface area contributed by atoms with E-state index in [0.717, 1.165) is 36.1 Å². The highest BCUT2D eigenvalue weighted by molar-refractivity contribution is 14.0. The third-order valence-electron chi connectivity index (χ3n) is 4.32. The van der Waals surface area contributed by atoms with Gasteiger partial charge < -0.3 is 15.4 Å². The molecule has 1 fully saturated rings. The van der Waals surface area contributed by atoms with Crippen molar-refractivity contribution in [3.8, 4) is 5.75 Å². The van der Waals surface area contributed by atoms with Crippen LogP contribution in [-0.2, 0) is 13.2 Å². The average Bonchev–Trinajstić information content (AvgIpc) is 3.24. The Morgan fingerprint density at radius 3 is 2.75 bits per heavy atom. The first-order valence-electron chi connectivity index (χ1n) is 9.59. The largest absolute Gasteiger partial charge is 0.487 e. The molecule has 0 saturated carbocycles. The molecule has 7 heteroatoms. The summed E-state index contributed by atoms with van der Waals surface area (Å²) in [5.41, 5.74) is 2.08. The summed E-state index contributed by atoms with van der Waals surface area (Å²) in [6.07, 6.45) is 4.41. The SMILES string of the molecule is CCNC(=NCc1ccc(OCc2ccccn2)cc1)NCC1CCCS1.I. The fourth-order valence-electron chi connectivity index (χ4n) is 2.86. The molecule has 152 valence electrons. The lowest BCUT2D eigenvalue weighted by molar-refractivity contribution is 0.301. The van der Waals surface area contributed by atoms with Gasteiger partial charge in [-0.15, -0.1) is 24.0 Å². The van der Waals surface area contributed by atoms with Gasteiger partial charge in [0, 0.05) is 24.5 Å². The second kappa shape index (κ2) is 12.9. The Balaban J connectivity index is 0.00000280. The van der Waals surface area contributed by atoms with Crippen molar-refractivity contribution >= 4 is 41.7 Å². The van der Waals surface area contributed by atoms with E-state index in [9.17, 15) is 0 Å². The quantitative estimate of drug-likeness (QED) is 0.315. The lowest BCUT2D eigenvalue weighted by Crippen LogP contribution is -2.40. The Morgan fingerprint density at radius 1 is 1.21 bits per heavy atom. The molecule has 0 amide bonds. The van der Waals surface area contributed by atoms with Crippen molar-refractivity contribution < 1.29 is 4.74 Å². The average molecular weight is 512 g/mol. The fraction of sp³-hybridized carbons (Fsp3) is 0.429. The molecule has 2 heterocycles. The molecule has 1 atom stereocenters. The lowest BCUT2D eigenvalue weighted by atomic mass is 10.2. The van der Waals surface area contributed by atoms with Crippen LogP contribution in [0.25, 0.3) is 0 Å². The van der Waals surface area contributed by atoms with E-state index in [0.29, 0.717) is 18.4 Å². The number of guanidine groups is 1. The van der Waals surface area contributed by atoms with E-state index in [2.05, 4.69) is 46.4 Å². The van der Waals surface area contributed by atoms with E-state index in [1.165, 1.54) is 18.6 Å². The summed E-state index contributed by atoms with van der Waals surface area (Å²) >= 11 is 2.06. The Kier molecular flexibility index (Phi) is 10.5. The highest BCUT2D eigenvalue weighted by Crippen LogP contribution is 2.25. The van der Waals surface area contributed by atoms with Gasteiger partial charge in [0.05, 0.1) is 12.2 Å². The Bertz CT molecular complexity index is 706. The molecule has 2 N–H and O–H groups in total. The van der Waals surface area contributed by atoms with E-state index in [4.69, 9.17) is 9.73 Å². The zero-order valence-corrected chi connectivity index (χ0v) is 19.4. The smallest absolute Gasteiger partial charge is 0.191 e. The van der Waals surface area contributed by atoms with Gasteiger partial charge in [-0.05, 0) is 55.3 Å². The number of halogens is 1. The summed E-state index contributed by atoms with van der Waals surface area (Å²) in [6.45, 7) is 5.07. The first kappa shape index (κ1) is 22.8. The molecule has 2 aromatic rings. The third-order valence-corrected chi connectivity index (χ3v) is 5.72. The molecule has 28 heavy (non-hydrogen) atoms. The normalized spacial score (nSPS) is 16.3. The molecule has 0 aliphatic carbocycles. The van der Waals surface area contributed by atoms with Crippen LogP contribution in [0.3, 0.4) is 0 Å². The maximum Gasteiger partial charge on any atom is 0.191 e. The van der Waals surface area contributed by atoms with Crippen molar-refractivity contribution in [1.29, 1.82) is 0 Å². The molecule has 1 saturated heterocycles. The summed E-state index contributed by atoms with van der Waals surface area (Å²) in [7, 11) is 0. The lowest BCUT2D eigenvalue weighted by Gasteiger charge is -2.14. The van der Waals surface area contributed by atoms with E-state index < -0.39 is 0 Å². The van der Waals surface area contributed by atoms with Gasteiger partial charge in [-0.2, -0.15) is 11.8 Å². The minimum Gasteiger partial charge on any atom is -0.487 e. The van der Waals surface area contributed by atoms with Crippen molar-refractivity contribution in [3.63, 3.8) is 0 Å². The second-order valence-corrected chi connectivity index (χ2v) is 7.87. The zero-order chi connectivity index (χ0) is 18.7. The Labute approximate surface area is 189 Å². The van der Waals surface area contributed by atoms with Crippen LogP contribution in [0.1, 0.15) is 31.0 Å². The molecule has 0 spiro atoms. The van der Waals surface area contributed by atoms with Gasteiger partial charge >= 0.3 is 0 Å². The van der Waals surface area contributed by atoms with Crippen LogP contribution in [0.5, 0.6) is 5.75 Å². The number of nitrogens with zero attached hydrogens (tertiary/aromatic N) is 2. The van der Waals surface area contributed by atoms with Crippen LogP contribution in [0.15, 0.2) is 53.7 Å². The van der Waals surface area contributed by atoms with Crippen molar-refractivity contribution in [2.75, 3.05) is 18.8 Å². The molecule has 0 radical (unpaired) electrons. The number of aromatic nitrogens is 1. The van der Waals surface area contributed by atoms with E-state index in [1.807, 2.05) is 30.3 Å². The molecule has 1 aromatic carbocycles. The van der Waals surface area contributed by atoms with Gasteiger partial charge in [-0.3, -0.25) is 4.98 Å². The van der Waals surface area contributed by atoms with Gasteiger partial charge in [0.15, 0.2) is 5.96 Å². The summed E-state index contributed by atoms with van der Waals surface area (Å²) in [5.74, 6) is 3.02. The maximum atomic E-state index is 5.78. The Hall–Kier alpha value is -1.48. The van der Waals surface area contributed by atoms with E-state index >= 15 is 0 Å². The molecule has 0 bridgehead atoms. The minimum atomic E-state index is 0. The van der Waals surface area contributed by atoms with Crippen molar-refractivity contribution in [3.05, 3.63) is 59.9 Å². The minimum absolute atomic E-state index is 0. The van der Waals surface area contributed by atoms with Crippen LogP contribution >= 0.6 is 35.7 Å². The predicted octanol–water partition coefficient (Wildman–Crippen LogP) is 4.23. The molecule has 1 aliphatic heterocycles. The third kappa shape index (κ3) is 7.87. The van der Waals surface area contributed by atoms with Crippen molar-refractivity contribution in [2.24, 2.45) is 4.99 Å². The molecule has 1 aromatic heterocycles. The fourth-order valence-corrected chi connectivity index (χ4v) is 4.06. The predicted molar refractivity (Wildman–Crippen MR) is 129 cm³/mol. The van der Waals surface area contributed by atoms with Crippen LogP contribution < -0.4 is 15.4 Å². The summed E-state index contributed by atoms with van der Waals surface area (Å²) < 4.78 is 5.78. The monoisotopic (exact) mass is 512 g/mol. The number of nitrogens with one attached hydrogen (secondary N) is 2. The standard InChI is InChI=1S/C21H28N4OS.HI/c1-2-22-21(25-15-20-7-5-13-27-20)24-14-17-8-10-19(11-9-17)26-16-18-6-3-4-12-23-18;/h3-4,6,8-12,20H,2,5,7,13-16H2,1H3,(H2,22,24,25);1H. The number of thioether (sulfide) groups is 1. The van der Waals surface area contributed by atoms with Gasteiger partial charge in [0.25, 0.3) is 0 Å². The van der Waals surface area contributed by atoms with E-state index in [1.54, 1.807) is 6.20 Å². The van der Waals surface area contributed by atoms with Crippen molar-refractivity contribution in [2.45, 2.75) is 38.2 Å². The maximum absolute atomic E-state index is 5.78. The van der Waals surface area contributed by atoms with Gasteiger partial charge in [-0.1, -0.05) is 18.2 Å². The highest BCUT2D eigenvalue weighted by Gasteiger charge is 2.15. The first-order chi connectivity index (χ1) is 13.3. The summed E-state index contributed by atoms with van der Waals surface area (Å²) in [4.78, 5) is 8.97.